The fraction of sp³-hybridized carbons (Fsp3) is 0.188. The molecule has 0 saturated heterocycles. The first-order chi connectivity index (χ1) is 13.2. The van der Waals surface area contributed by atoms with Gasteiger partial charge in [0, 0.05) is 30.3 Å². The maximum atomic E-state index is 12.4. The summed E-state index contributed by atoms with van der Waals surface area (Å²) >= 11 is 0. The van der Waals surface area contributed by atoms with Gasteiger partial charge in [0.05, 0.1) is 11.1 Å². The SMILES string of the molecule is CCn1cc(S(=O)(=O)Nc2ccc(S(=O)(=O)Nc3nccc(C)n3)cc2)cn1. The summed E-state index contributed by atoms with van der Waals surface area (Å²) in [5.41, 5.74) is 0.832. The highest BCUT2D eigenvalue weighted by molar-refractivity contribution is 7.93. The summed E-state index contributed by atoms with van der Waals surface area (Å²) in [6, 6.07) is 6.92. The maximum absolute atomic E-state index is 12.4. The number of nitrogens with one attached hydrogen (secondary N) is 2. The Morgan fingerprint density at radius 3 is 2.25 bits per heavy atom. The molecule has 0 radical (unpaired) electrons. The Kier molecular flexibility index (Phi) is 5.34. The number of aryl methyl sites for hydroxylation is 2. The van der Waals surface area contributed by atoms with Crippen molar-refractivity contribution < 1.29 is 16.8 Å². The lowest BCUT2D eigenvalue weighted by molar-refractivity contribution is 0.599. The fourth-order valence-electron chi connectivity index (χ4n) is 2.25. The molecule has 3 aromatic rings. The zero-order valence-corrected chi connectivity index (χ0v) is 16.7. The third-order valence-electron chi connectivity index (χ3n) is 3.68. The predicted octanol–water partition coefficient (Wildman–Crippen LogP) is 1.60. The van der Waals surface area contributed by atoms with Gasteiger partial charge in [-0.25, -0.2) is 31.5 Å². The van der Waals surface area contributed by atoms with Crippen molar-refractivity contribution in [3.63, 3.8) is 0 Å². The van der Waals surface area contributed by atoms with Crippen LogP contribution in [0.1, 0.15) is 12.6 Å². The number of aromatic nitrogens is 4. The van der Waals surface area contributed by atoms with Gasteiger partial charge < -0.3 is 0 Å². The second-order valence-electron chi connectivity index (χ2n) is 5.79. The van der Waals surface area contributed by atoms with Crippen LogP contribution in [0.5, 0.6) is 0 Å². The molecule has 0 saturated carbocycles. The number of sulfonamides is 2. The smallest absolute Gasteiger partial charge is 0.265 e. The van der Waals surface area contributed by atoms with Crippen molar-refractivity contribution >= 4 is 31.7 Å². The van der Waals surface area contributed by atoms with E-state index in [1.807, 2.05) is 6.92 Å². The Morgan fingerprint density at radius 1 is 0.964 bits per heavy atom. The minimum absolute atomic E-state index is 0.0179. The van der Waals surface area contributed by atoms with Gasteiger partial charge in [0.25, 0.3) is 20.0 Å². The van der Waals surface area contributed by atoms with E-state index in [9.17, 15) is 16.8 Å². The van der Waals surface area contributed by atoms with Crippen LogP contribution in [-0.4, -0.2) is 36.6 Å². The highest BCUT2D eigenvalue weighted by atomic mass is 32.2. The number of nitrogens with zero attached hydrogens (tertiary/aromatic N) is 4. The van der Waals surface area contributed by atoms with Crippen LogP contribution >= 0.6 is 0 Å². The lowest BCUT2D eigenvalue weighted by Crippen LogP contribution is -2.16. The summed E-state index contributed by atoms with van der Waals surface area (Å²) in [4.78, 5) is 7.81. The minimum atomic E-state index is -3.91. The van der Waals surface area contributed by atoms with Gasteiger partial charge in [-0.15, -0.1) is 0 Å². The second-order valence-corrected chi connectivity index (χ2v) is 9.15. The summed E-state index contributed by atoms with van der Waals surface area (Å²) < 4.78 is 55.8. The molecule has 0 aliphatic heterocycles. The van der Waals surface area contributed by atoms with Crippen molar-refractivity contribution in [1.29, 1.82) is 0 Å². The summed E-state index contributed by atoms with van der Waals surface area (Å²) in [6.45, 7) is 4.09. The largest absolute Gasteiger partial charge is 0.280 e. The molecule has 0 aliphatic carbocycles. The molecule has 1 aromatic carbocycles. The number of hydrogen-bond acceptors (Lipinski definition) is 7. The molecule has 2 N–H and O–H groups in total. The van der Waals surface area contributed by atoms with Crippen molar-refractivity contribution in [3.8, 4) is 0 Å². The van der Waals surface area contributed by atoms with E-state index in [1.54, 1.807) is 13.0 Å². The first-order valence-electron chi connectivity index (χ1n) is 8.17. The lowest BCUT2D eigenvalue weighted by Gasteiger charge is -2.09. The van der Waals surface area contributed by atoms with Gasteiger partial charge in [-0.3, -0.25) is 9.40 Å². The maximum Gasteiger partial charge on any atom is 0.265 e. The van der Waals surface area contributed by atoms with Crippen LogP contribution in [0.15, 0.2) is 58.7 Å². The van der Waals surface area contributed by atoms with Crippen molar-refractivity contribution in [1.82, 2.24) is 19.7 Å². The van der Waals surface area contributed by atoms with Crippen molar-refractivity contribution in [3.05, 3.63) is 54.6 Å². The van der Waals surface area contributed by atoms with Gasteiger partial charge in [0.15, 0.2) is 0 Å². The molecule has 0 aliphatic rings. The van der Waals surface area contributed by atoms with E-state index in [2.05, 4.69) is 24.5 Å². The molecule has 0 amide bonds. The van der Waals surface area contributed by atoms with E-state index in [0.717, 1.165) is 0 Å². The Hall–Kier alpha value is -2.99. The summed E-state index contributed by atoms with van der Waals surface area (Å²) in [6.07, 6.45) is 4.10. The number of benzene rings is 1. The zero-order valence-electron chi connectivity index (χ0n) is 15.1. The quantitative estimate of drug-likeness (QED) is 0.590. The molecule has 0 bridgehead atoms. The number of hydrogen-bond donors (Lipinski definition) is 2. The van der Waals surface area contributed by atoms with E-state index in [1.165, 1.54) is 47.5 Å². The zero-order chi connectivity index (χ0) is 20.4. The third-order valence-corrected chi connectivity index (χ3v) is 6.36. The van der Waals surface area contributed by atoms with Gasteiger partial charge in [-0.2, -0.15) is 5.10 Å². The average molecular weight is 422 g/mol. The van der Waals surface area contributed by atoms with Gasteiger partial charge in [0.2, 0.25) is 5.95 Å². The van der Waals surface area contributed by atoms with Crippen molar-refractivity contribution in [2.45, 2.75) is 30.2 Å². The van der Waals surface area contributed by atoms with Crippen molar-refractivity contribution in [2.75, 3.05) is 9.44 Å². The molecule has 148 valence electrons. The van der Waals surface area contributed by atoms with E-state index in [0.29, 0.717) is 12.2 Å². The first kappa shape index (κ1) is 19.8. The van der Waals surface area contributed by atoms with Gasteiger partial charge >= 0.3 is 0 Å². The van der Waals surface area contributed by atoms with E-state index < -0.39 is 20.0 Å². The van der Waals surface area contributed by atoms with Crippen LogP contribution in [0.25, 0.3) is 0 Å². The third kappa shape index (κ3) is 4.46. The monoisotopic (exact) mass is 422 g/mol. The van der Waals surface area contributed by atoms with Crippen LogP contribution in [0.3, 0.4) is 0 Å². The molecule has 12 heteroatoms. The van der Waals surface area contributed by atoms with Crippen LogP contribution in [0, 0.1) is 6.92 Å². The van der Waals surface area contributed by atoms with E-state index in [4.69, 9.17) is 0 Å². The topological polar surface area (TPSA) is 136 Å². The Bertz CT molecular complexity index is 1190. The molecule has 2 heterocycles. The van der Waals surface area contributed by atoms with Gasteiger partial charge in [0.1, 0.15) is 4.90 Å². The van der Waals surface area contributed by atoms with Crippen LogP contribution in [0.4, 0.5) is 11.6 Å². The molecule has 2 aromatic heterocycles. The van der Waals surface area contributed by atoms with Gasteiger partial charge in [-0.05, 0) is 44.2 Å². The van der Waals surface area contributed by atoms with Crippen LogP contribution < -0.4 is 9.44 Å². The minimum Gasteiger partial charge on any atom is -0.280 e. The highest BCUT2D eigenvalue weighted by Gasteiger charge is 2.19. The second kappa shape index (κ2) is 7.56. The molecule has 0 spiro atoms. The van der Waals surface area contributed by atoms with Crippen LogP contribution in [0.2, 0.25) is 0 Å². The Morgan fingerprint density at radius 2 is 1.64 bits per heavy atom. The number of rotatable bonds is 7. The van der Waals surface area contributed by atoms with E-state index >= 15 is 0 Å². The molecule has 0 unspecified atom stereocenters. The van der Waals surface area contributed by atoms with E-state index in [-0.39, 0.29) is 21.4 Å². The highest BCUT2D eigenvalue weighted by Crippen LogP contribution is 2.19. The molecule has 0 atom stereocenters. The molecule has 28 heavy (non-hydrogen) atoms. The van der Waals surface area contributed by atoms with Crippen LogP contribution in [-0.2, 0) is 26.6 Å². The standard InChI is InChI=1S/C16H18N6O4S2/c1-3-22-11-15(10-18-22)28(25,26)20-13-4-6-14(7-5-13)27(23,24)21-16-17-9-8-12(2)19-16/h4-11,20H,3H2,1-2H3,(H,17,19,21). The Balaban J connectivity index is 1.77. The number of anilines is 2. The molecule has 0 fully saturated rings. The molecule has 3 rings (SSSR count). The summed E-state index contributed by atoms with van der Waals surface area (Å²) in [5.74, 6) is -0.0438. The lowest BCUT2D eigenvalue weighted by atomic mass is 10.3. The van der Waals surface area contributed by atoms with Gasteiger partial charge in [-0.1, -0.05) is 0 Å². The summed E-state index contributed by atoms with van der Waals surface area (Å²) in [5, 5.41) is 3.93. The molecule has 10 nitrogen and oxygen atoms in total. The molecular weight excluding hydrogens is 404 g/mol. The first-order valence-corrected chi connectivity index (χ1v) is 11.1. The molecular formula is C16H18N6O4S2. The predicted molar refractivity (Wildman–Crippen MR) is 103 cm³/mol. The Labute approximate surface area is 162 Å². The average Bonchev–Trinajstić information content (AvgIpc) is 3.12. The normalized spacial score (nSPS) is 11.9. The fourth-order valence-corrected chi connectivity index (χ4v) is 4.21. The van der Waals surface area contributed by atoms with Crippen molar-refractivity contribution in [2.24, 2.45) is 0 Å². The summed E-state index contributed by atoms with van der Waals surface area (Å²) in [7, 11) is -7.73.